The molecule has 36 heavy (non-hydrogen) atoms. The molecule has 7 rings (SSSR count). The van der Waals surface area contributed by atoms with Crippen molar-refractivity contribution in [2.24, 2.45) is 17.8 Å². The molecule has 3 atom stereocenters. The van der Waals surface area contributed by atoms with Crippen LogP contribution in [0.15, 0.2) is 24.3 Å². The van der Waals surface area contributed by atoms with Crippen molar-refractivity contribution >= 4 is 17.7 Å². The molecule has 4 saturated carbocycles. The van der Waals surface area contributed by atoms with Crippen molar-refractivity contribution in [1.29, 1.82) is 0 Å². The van der Waals surface area contributed by atoms with Crippen molar-refractivity contribution in [2.75, 3.05) is 13.7 Å². The van der Waals surface area contributed by atoms with E-state index in [-0.39, 0.29) is 48.9 Å². The van der Waals surface area contributed by atoms with E-state index in [0.717, 1.165) is 49.2 Å². The topological polar surface area (TPSA) is 87.7 Å². The largest absolute Gasteiger partial charge is 0.484 e. The molecule has 2 N–H and O–H groups in total. The molecule has 1 aromatic carbocycles. The second-order valence-corrected chi connectivity index (χ2v) is 12.3. The van der Waals surface area contributed by atoms with Crippen molar-refractivity contribution in [3.63, 3.8) is 0 Å². The maximum atomic E-state index is 12.6. The standard InChI is InChI=1S/C29H39N3O4/c1-30-26(33)13-28(35)32-23-4-5-24(32)12-22(11-23)31-27(34)17-36-25-6-2-21(3-7-25)29-14-18-8-19(15-29)10-20(9-18)16-29/h2-3,6-7,18-20,22-24H,4-5,8-17H2,1H3,(H,30,33)(H,31,34)/t18?,19?,20?,22?,23-,24+,29?. The van der Waals surface area contributed by atoms with Crippen LogP contribution in [0.25, 0.3) is 0 Å². The number of benzene rings is 1. The first kappa shape index (κ1) is 23.8. The Labute approximate surface area is 213 Å². The van der Waals surface area contributed by atoms with E-state index in [9.17, 15) is 14.4 Å². The molecular formula is C29H39N3O4. The van der Waals surface area contributed by atoms with E-state index in [1.807, 2.05) is 17.0 Å². The Morgan fingerprint density at radius 1 is 0.889 bits per heavy atom. The van der Waals surface area contributed by atoms with Gasteiger partial charge in [-0.15, -0.1) is 0 Å². The Morgan fingerprint density at radius 3 is 2.03 bits per heavy atom. The third-order valence-corrected chi connectivity index (χ3v) is 9.85. The van der Waals surface area contributed by atoms with Crippen molar-refractivity contribution in [3.05, 3.63) is 29.8 Å². The Morgan fingerprint density at radius 2 is 1.47 bits per heavy atom. The van der Waals surface area contributed by atoms with Crippen LogP contribution in [0.3, 0.4) is 0 Å². The van der Waals surface area contributed by atoms with Gasteiger partial charge in [0.2, 0.25) is 11.8 Å². The summed E-state index contributed by atoms with van der Waals surface area (Å²) >= 11 is 0. The summed E-state index contributed by atoms with van der Waals surface area (Å²) in [4.78, 5) is 38.7. The smallest absolute Gasteiger partial charge is 0.258 e. The highest BCUT2D eigenvalue weighted by molar-refractivity contribution is 5.97. The van der Waals surface area contributed by atoms with Gasteiger partial charge < -0.3 is 20.3 Å². The van der Waals surface area contributed by atoms with Crippen LogP contribution in [0, 0.1) is 17.8 Å². The van der Waals surface area contributed by atoms with Gasteiger partial charge in [0.25, 0.3) is 5.91 Å². The van der Waals surface area contributed by atoms with Gasteiger partial charge in [0.1, 0.15) is 12.2 Å². The number of ether oxygens (including phenoxy) is 1. The first-order valence-electron chi connectivity index (χ1n) is 14.0. The van der Waals surface area contributed by atoms with Gasteiger partial charge in [0, 0.05) is 25.2 Å². The van der Waals surface area contributed by atoms with Crippen LogP contribution in [0.5, 0.6) is 5.75 Å². The van der Waals surface area contributed by atoms with E-state index in [4.69, 9.17) is 4.74 Å². The van der Waals surface area contributed by atoms with Crippen LogP contribution in [0.1, 0.15) is 76.2 Å². The number of fused-ring (bicyclic) bond motifs is 2. The molecule has 4 aliphatic carbocycles. The molecule has 0 spiro atoms. The molecule has 2 aliphatic heterocycles. The van der Waals surface area contributed by atoms with Crippen LogP contribution in [0.4, 0.5) is 0 Å². The fraction of sp³-hybridized carbons (Fsp3) is 0.690. The molecule has 6 bridgehead atoms. The number of nitrogens with zero attached hydrogens (tertiary/aromatic N) is 1. The molecule has 0 radical (unpaired) electrons. The Hall–Kier alpha value is -2.57. The maximum absolute atomic E-state index is 12.6. The summed E-state index contributed by atoms with van der Waals surface area (Å²) in [6.45, 7) is 0.00185. The van der Waals surface area contributed by atoms with Crippen LogP contribution in [-0.2, 0) is 19.8 Å². The Balaban J connectivity index is 0.992. The van der Waals surface area contributed by atoms with Gasteiger partial charge in [0.05, 0.1) is 0 Å². The summed E-state index contributed by atoms with van der Waals surface area (Å²) in [5.41, 5.74) is 1.84. The zero-order valence-electron chi connectivity index (χ0n) is 21.3. The van der Waals surface area contributed by atoms with Gasteiger partial charge in [-0.05, 0) is 105 Å². The zero-order chi connectivity index (χ0) is 24.9. The Bertz CT molecular complexity index is 973. The lowest BCUT2D eigenvalue weighted by molar-refractivity contribution is -0.139. The second-order valence-electron chi connectivity index (χ2n) is 12.3. The monoisotopic (exact) mass is 493 g/mol. The summed E-state index contributed by atoms with van der Waals surface area (Å²) in [6.07, 6.45) is 11.6. The number of carbonyl (C=O) groups is 3. The molecule has 0 aromatic heterocycles. The minimum Gasteiger partial charge on any atom is -0.484 e. The fourth-order valence-electron chi connectivity index (χ4n) is 8.81. The lowest BCUT2D eigenvalue weighted by Crippen LogP contribution is -2.53. The molecule has 1 unspecified atom stereocenters. The van der Waals surface area contributed by atoms with Crippen LogP contribution >= 0.6 is 0 Å². The number of rotatable bonds is 7. The number of amides is 3. The summed E-state index contributed by atoms with van der Waals surface area (Å²) in [7, 11) is 1.55. The van der Waals surface area contributed by atoms with Gasteiger partial charge >= 0.3 is 0 Å². The van der Waals surface area contributed by atoms with Gasteiger partial charge in [-0.1, -0.05) is 12.1 Å². The van der Waals surface area contributed by atoms with Crippen LogP contribution in [0.2, 0.25) is 0 Å². The molecule has 3 amide bonds. The average Bonchev–Trinajstić information content (AvgIpc) is 3.12. The lowest BCUT2D eigenvalue weighted by Gasteiger charge is -2.57. The third-order valence-electron chi connectivity index (χ3n) is 9.85. The highest BCUT2D eigenvalue weighted by Gasteiger charge is 2.51. The first-order valence-corrected chi connectivity index (χ1v) is 14.0. The SMILES string of the molecule is CNC(=O)CC(=O)N1[C@@H]2CC[C@H]1CC(NC(=O)COc1ccc(C34CC5CC(CC(C5)C3)C4)cc1)C2. The molecule has 2 heterocycles. The first-order chi connectivity index (χ1) is 17.4. The third kappa shape index (κ3) is 4.50. The highest BCUT2D eigenvalue weighted by atomic mass is 16.5. The fourth-order valence-corrected chi connectivity index (χ4v) is 8.81. The van der Waals surface area contributed by atoms with Crippen LogP contribution < -0.4 is 15.4 Å². The molecular weight excluding hydrogens is 454 g/mol. The van der Waals surface area contributed by atoms with Crippen molar-refractivity contribution in [3.8, 4) is 5.75 Å². The zero-order valence-corrected chi connectivity index (χ0v) is 21.3. The van der Waals surface area contributed by atoms with E-state index >= 15 is 0 Å². The van der Waals surface area contributed by atoms with Gasteiger partial charge in [-0.2, -0.15) is 0 Å². The van der Waals surface area contributed by atoms with Crippen molar-refractivity contribution in [2.45, 2.75) is 94.2 Å². The molecule has 7 heteroatoms. The van der Waals surface area contributed by atoms with Gasteiger partial charge in [-0.3, -0.25) is 14.4 Å². The number of hydrogen-bond acceptors (Lipinski definition) is 4. The lowest BCUT2D eigenvalue weighted by atomic mass is 9.48. The van der Waals surface area contributed by atoms with E-state index in [1.165, 1.54) is 44.1 Å². The quantitative estimate of drug-likeness (QED) is 0.571. The predicted molar refractivity (Wildman–Crippen MR) is 135 cm³/mol. The molecule has 6 fully saturated rings. The molecule has 6 aliphatic rings. The van der Waals surface area contributed by atoms with Gasteiger partial charge in [0.15, 0.2) is 6.61 Å². The van der Waals surface area contributed by atoms with E-state index in [0.29, 0.717) is 5.41 Å². The van der Waals surface area contributed by atoms with Gasteiger partial charge in [-0.25, -0.2) is 0 Å². The van der Waals surface area contributed by atoms with Crippen molar-refractivity contribution < 1.29 is 19.1 Å². The number of hydrogen-bond donors (Lipinski definition) is 2. The van der Waals surface area contributed by atoms with E-state index in [1.54, 1.807) is 7.05 Å². The number of carbonyl (C=O) groups excluding carboxylic acids is 3. The Kier molecular flexibility index (Phi) is 6.21. The van der Waals surface area contributed by atoms with E-state index in [2.05, 4.69) is 22.8 Å². The molecule has 1 aromatic rings. The van der Waals surface area contributed by atoms with E-state index < -0.39 is 0 Å². The number of nitrogens with one attached hydrogen (secondary N) is 2. The summed E-state index contributed by atoms with van der Waals surface area (Å²) in [6, 6.07) is 8.80. The number of piperidine rings is 1. The highest BCUT2D eigenvalue weighted by Crippen LogP contribution is 2.60. The molecule has 7 nitrogen and oxygen atoms in total. The minimum absolute atomic E-state index is 0.00185. The maximum Gasteiger partial charge on any atom is 0.258 e. The predicted octanol–water partition coefficient (Wildman–Crippen LogP) is 3.31. The summed E-state index contributed by atoms with van der Waals surface area (Å²) in [5.74, 6) is 3.04. The molecule has 2 saturated heterocycles. The molecule has 194 valence electrons. The van der Waals surface area contributed by atoms with Crippen molar-refractivity contribution in [1.82, 2.24) is 15.5 Å². The normalized spacial score (nSPS) is 36.0. The summed E-state index contributed by atoms with van der Waals surface area (Å²) in [5, 5.41) is 5.64. The average molecular weight is 494 g/mol. The summed E-state index contributed by atoms with van der Waals surface area (Å²) < 4.78 is 5.85. The second kappa shape index (κ2) is 9.38. The van der Waals surface area contributed by atoms with Crippen LogP contribution in [-0.4, -0.2) is 54.4 Å². The minimum atomic E-state index is -0.252.